The Balaban J connectivity index is -0.000000234. The van der Waals surface area contributed by atoms with Gasteiger partial charge in [-0.1, -0.05) is 13.5 Å². The van der Waals surface area contributed by atoms with E-state index in [2.05, 4.69) is 6.58 Å². The number of hydrogen-bond acceptors (Lipinski definition) is 6. The number of carboxylic acid groups (broad SMARTS) is 3. The molecule has 0 radical (unpaired) electrons. The van der Waals surface area contributed by atoms with Gasteiger partial charge in [-0.3, -0.25) is 9.59 Å². The summed E-state index contributed by atoms with van der Waals surface area (Å²) in [6, 6.07) is 0. The van der Waals surface area contributed by atoms with Gasteiger partial charge in [-0.25, -0.2) is 4.79 Å². The van der Waals surface area contributed by atoms with Gasteiger partial charge >= 0.3 is 17.9 Å². The summed E-state index contributed by atoms with van der Waals surface area (Å²) >= 11 is 0. The highest BCUT2D eigenvalue weighted by atomic mass is 16.4. The summed E-state index contributed by atoms with van der Waals surface area (Å²) in [5, 5.41) is 48.7. The van der Waals surface area contributed by atoms with E-state index >= 15 is 0 Å². The van der Waals surface area contributed by atoms with Crippen LogP contribution in [-0.4, -0.2) is 68.4 Å². The molecule has 0 aliphatic heterocycles. The predicted octanol–water partition coefficient (Wildman–Crippen LogP) is -0.838. The third kappa shape index (κ3) is 20.5. The first-order valence-electron chi connectivity index (χ1n) is 5.60. The second-order valence-corrected chi connectivity index (χ2v) is 4.33. The van der Waals surface area contributed by atoms with Crippen molar-refractivity contribution in [2.24, 2.45) is 5.41 Å². The molecular formula is C12H22O9. The zero-order valence-corrected chi connectivity index (χ0v) is 11.9. The monoisotopic (exact) mass is 310 g/mol. The van der Waals surface area contributed by atoms with Gasteiger partial charge in [0.1, 0.15) is 6.42 Å². The molecule has 0 aromatic rings. The van der Waals surface area contributed by atoms with Gasteiger partial charge in [-0.15, -0.1) is 0 Å². The Bertz CT molecular complexity index is 312. The summed E-state index contributed by atoms with van der Waals surface area (Å²) < 4.78 is 0. The van der Waals surface area contributed by atoms with E-state index in [0.29, 0.717) is 0 Å². The van der Waals surface area contributed by atoms with Gasteiger partial charge in [0.2, 0.25) is 0 Å². The molecule has 9 heteroatoms. The Morgan fingerprint density at radius 3 is 1.14 bits per heavy atom. The lowest BCUT2D eigenvalue weighted by molar-refractivity contribution is -0.147. The molecule has 0 saturated carbocycles. The summed E-state index contributed by atoms with van der Waals surface area (Å²) in [7, 11) is 0. The van der Waals surface area contributed by atoms with Crippen LogP contribution in [0.3, 0.4) is 0 Å². The number of carboxylic acids is 3. The van der Waals surface area contributed by atoms with E-state index in [-0.39, 0.29) is 25.4 Å². The Kier molecular flexibility index (Phi) is 14.9. The molecule has 0 bridgehead atoms. The van der Waals surface area contributed by atoms with Crippen LogP contribution in [0.25, 0.3) is 0 Å². The number of aliphatic hydroxyl groups excluding tert-OH is 3. The molecule has 0 amide bonds. The molecule has 0 fully saturated rings. The largest absolute Gasteiger partial charge is 0.481 e. The van der Waals surface area contributed by atoms with Crippen LogP contribution in [0, 0.1) is 5.41 Å². The lowest BCUT2D eigenvalue weighted by Crippen LogP contribution is -2.29. The minimum atomic E-state index is -1.31. The molecule has 0 heterocycles. The summed E-state index contributed by atoms with van der Waals surface area (Å²) in [5.41, 5.74) is -0.532. The van der Waals surface area contributed by atoms with Crippen LogP contribution in [0.4, 0.5) is 0 Å². The maximum absolute atomic E-state index is 9.60. The maximum Gasteiger partial charge on any atom is 0.330 e. The van der Waals surface area contributed by atoms with Crippen LogP contribution in [0.2, 0.25) is 0 Å². The fourth-order valence-corrected chi connectivity index (χ4v) is 0.279. The van der Waals surface area contributed by atoms with Gasteiger partial charge in [0, 0.05) is 11.0 Å². The van der Waals surface area contributed by atoms with Gasteiger partial charge in [0.05, 0.1) is 19.8 Å². The number of carbonyl (C=O) groups is 3. The molecule has 0 saturated heterocycles. The van der Waals surface area contributed by atoms with E-state index in [0.717, 1.165) is 0 Å². The van der Waals surface area contributed by atoms with Crippen molar-refractivity contribution in [3.8, 4) is 0 Å². The van der Waals surface area contributed by atoms with E-state index in [1.165, 1.54) is 6.92 Å². The van der Waals surface area contributed by atoms with E-state index < -0.39 is 29.7 Å². The minimum absolute atomic E-state index is 0.176. The molecule has 0 unspecified atom stereocenters. The molecule has 0 spiro atoms. The average molecular weight is 310 g/mol. The van der Waals surface area contributed by atoms with Gasteiger partial charge in [0.15, 0.2) is 0 Å². The van der Waals surface area contributed by atoms with Crippen molar-refractivity contribution < 1.29 is 45.0 Å². The van der Waals surface area contributed by atoms with E-state index in [1.54, 1.807) is 6.92 Å². The SMILES string of the molecule is C=C(C)C(=O)O.CC(CO)(CO)CO.O=C(O)CC(=O)O. The van der Waals surface area contributed by atoms with Crippen molar-refractivity contribution in [1.29, 1.82) is 0 Å². The first-order valence-corrected chi connectivity index (χ1v) is 5.60. The molecule has 21 heavy (non-hydrogen) atoms. The van der Waals surface area contributed by atoms with E-state index in [4.69, 9.17) is 30.6 Å². The number of aliphatic carboxylic acids is 3. The number of rotatable bonds is 6. The fourth-order valence-electron chi connectivity index (χ4n) is 0.279. The smallest absolute Gasteiger partial charge is 0.330 e. The standard InChI is InChI=1S/C5H12O3.C4H6O2.C3H4O4/c1-5(2-6,3-7)4-8;1-3(2)4(5)6;4-2(5)1-3(6)7/h6-8H,2-4H2,1H3;1H2,2H3,(H,5,6);1H2,(H,4,5)(H,6,7). The average Bonchev–Trinajstić information content (AvgIpc) is 2.37. The van der Waals surface area contributed by atoms with Crippen molar-refractivity contribution in [2.75, 3.05) is 19.8 Å². The predicted molar refractivity (Wildman–Crippen MR) is 71.7 cm³/mol. The quantitative estimate of drug-likeness (QED) is 0.270. The Hall–Kier alpha value is -1.97. The normalized spacial score (nSPS) is 9.38. The molecule has 0 atom stereocenters. The molecule has 0 aromatic heterocycles. The van der Waals surface area contributed by atoms with Crippen molar-refractivity contribution in [2.45, 2.75) is 20.3 Å². The summed E-state index contributed by atoms with van der Waals surface area (Å²) in [5.74, 6) is -3.56. The lowest BCUT2D eigenvalue weighted by atomic mass is 9.95. The van der Waals surface area contributed by atoms with Gasteiger partial charge in [-0.05, 0) is 6.92 Å². The first kappa shape index (κ1) is 24.1. The van der Waals surface area contributed by atoms with E-state index in [9.17, 15) is 14.4 Å². The third-order valence-corrected chi connectivity index (χ3v) is 1.81. The van der Waals surface area contributed by atoms with Crippen LogP contribution >= 0.6 is 0 Å². The zero-order chi connectivity index (χ0) is 17.6. The number of aliphatic hydroxyl groups is 3. The molecule has 0 rings (SSSR count). The van der Waals surface area contributed by atoms with Crippen molar-refractivity contribution in [3.63, 3.8) is 0 Å². The van der Waals surface area contributed by atoms with Crippen LogP contribution in [0.15, 0.2) is 12.2 Å². The molecule has 0 aromatic carbocycles. The molecule has 9 nitrogen and oxygen atoms in total. The maximum atomic E-state index is 9.60. The first-order chi connectivity index (χ1) is 9.45. The Labute approximate surface area is 121 Å². The summed E-state index contributed by atoms with van der Waals surface area (Å²) in [6.45, 7) is 5.66. The summed E-state index contributed by atoms with van der Waals surface area (Å²) in [4.78, 5) is 28.5. The van der Waals surface area contributed by atoms with Crippen LogP contribution < -0.4 is 0 Å². The van der Waals surface area contributed by atoms with Gasteiger partial charge in [-0.2, -0.15) is 0 Å². The number of hydrogen-bond donors (Lipinski definition) is 6. The van der Waals surface area contributed by atoms with Gasteiger partial charge < -0.3 is 30.6 Å². The molecular weight excluding hydrogens is 288 g/mol. The molecule has 124 valence electrons. The minimum Gasteiger partial charge on any atom is -0.481 e. The highest BCUT2D eigenvalue weighted by Gasteiger charge is 2.20. The zero-order valence-electron chi connectivity index (χ0n) is 11.9. The van der Waals surface area contributed by atoms with Crippen molar-refractivity contribution in [3.05, 3.63) is 12.2 Å². The summed E-state index contributed by atoms with van der Waals surface area (Å²) in [6.07, 6.45) is -0.806. The Morgan fingerprint density at radius 2 is 1.14 bits per heavy atom. The molecule has 0 aliphatic rings. The van der Waals surface area contributed by atoms with Crippen molar-refractivity contribution in [1.82, 2.24) is 0 Å². The van der Waals surface area contributed by atoms with Crippen molar-refractivity contribution >= 4 is 17.9 Å². The van der Waals surface area contributed by atoms with Gasteiger partial charge in [0.25, 0.3) is 0 Å². The molecule has 0 aliphatic carbocycles. The van der Waals surface area contributed by atoms with Crippen LogP contribution in [-0.2, 0) is 14.4 Å². The van der Waals surface area contributed by atoms with Crippen LogP contribution in [0.1, 0.15) is 20.3 Å². The second kappa shape index (κ2) is 13.0. The third-order valence-electron chi connectivity index (χ3n) is 1.81. The lowest BCUT2D eigenvalue weighted by Gasteiger charge is -2.20. The molecule has 6 N–H and O–H groups in total. The topological polar surface area (TPSA) is 173 Å². The fraction of sp³-hybridized carbons (Fsp3) is 0.583. The Morgan fingerprint density at radius 1 is 0.905 bits per heavy atom. The van der Waals surface area contributed by atoms with Crippen LogP contribution in [0.5, 0.6) is 0 Å². The van der Waals surface area contributed by atoms with E-state index in [1.807, 2.05) is 0 Å². The second-order valence-electron chi connectivity index (χ2n) is 4.33. The highest BCUT2D eigenvalue weighted by molar-refractivity contribution is 5.88. The highest BCUT2D eigenvalue weighted by Crippen LogP contribution is 2.10.